The lowest BCUT2D eigenvalue weighted by molar-refractivity contribution is 0.0762. The van der Waals surface area contributed by atoms with Crippen molar-refractivity contribution in [3.63, 3.8) is 0 Å². The first-order chi connectivity index (χ1) is 15.0. The van der Waals surface area contributed by atoms with Gasteiger partial charge < -0.3 is 14.4 Å². The van der Waals surface area contributed by atoms with Gasteiger partial charge in [-0.25, -0.2) is 0 Å². The van der Waals surface area contributed by atoms with E-state index in [9.17, 15) is 4.79 Å². The Morgan fingerprint density at radius 1 is 1.10 bits per heavy atom. The fourth-order valence-corrected chi connectivity index (χ4v) is 3.45. The number of hydrogen-bond acceptors (Lipinski definition) is 4. The molecule has 0 atom stereocenters. The van der Waals surface area contributed by atoms with Crippen LogP contribution in [0.3, 0.4) is 0 Å². The standard InChI is InChI=1S/C26H28N2O3/c1-5-13-28(17-21-8-10-24(30-4)11-9-21)26(29)23-14-19(2)25(20(3)15-23)31-18-22-7-6-12-27-16-22/h5-12,14-16H,1,13,17-18H2,2-4H3. The number of nitrogens with zero attached hydrogens (tertiary/aromatic N) is 2. The Labute approximate surface area is 184 Å². The van der Waals surface area contributed by atoms with Crippen molar-refractivity contribution in [3.8, 4) is 11.5 Å². The summed E-state index contributed by atoms with van der Waals surface area (Å²) in [4.78, 5) is 19.2. The third-order valence-electron chi connectivity index (χ3n) is 4.98. The fraction of sp³-hybridized carbons (Fsp3) is 0.231. The smallest absolute Gasteiger partial charge is 0.254 e. The maximum Gasteiger partial charge on any atom is 0.254 e. The van der Waals surface area contributed by atoms with Crippen molar-refractivity contribution in [2.45, 2.75) is 27.0 Å². The van der Waals surface area contributed by atoms with E-state index in [1.807, 2.05) is 62.4 Å². The summed E-state index contributed by atoms with van der Waals surface area (Å²) in [5.74, 6) is 1.55. The Morgan fingerprint density at radius 3 is 2.39 bits per heavy atom. The van der Waals surface area contributed by atoms with Crippen LogP contribution in [0.25, 0.3) is 0 Å². The monoisotopic (exact) mass is 416 g/mol. The van der Waals surface area contributed by atoms with Crippen LogP contribution in [0, 0.1) is 13.8 Å². The zero-order chi connectivity index (χ0) is 22.2. The van der Waals surface area contributed by atoms with E-state index in [0.29, 0.717) is 25.3 Å². The summed E-state index contributed by atoms with van der Waals surface area (Å²) in [6.07, 6.45) is 5.27. The largest absolute Gasteiger partial charge is 0.497 e. The van der Waals surface area contributed by atoms with Crippen LogP contribution in [0.4, 0.5) is 0 Å². The molecule has 5 heteroatoms. The number of pyridine rings is 1. The van der Waals surface area contributed by atoms with E-state index in [4.69, 9.17) is 9.47 Å². The first kappa shape index (κ1) is 22.1. The van der Waals surface area contributed by atoms with Crippen molar-refractivity contribution in [2.75, 3.05) is 13.7 Å². The van der Waals surface area contributed by atoms with Crippen molar-refractivity contribution in [2.24, 2.45) is 0 Å². The first-order valence-corrected chi connectivity index (χ1v) is 10.2. The lowest BCUT2D eigenvalue weighted by Gasteiger charge is -2.23. The maximum atomic E-state index is 13.3. The minimum absolute atomic E-state index is 0.0410. The molecular formula is C26H28N2O3. The van der Waals surface area contributed by atoms with E-state index < -0.39 is 0 Å². The molecule has 0 aliphatic rings. The topological polar surface area (TPSA) is 51.7 Å². The summed E-state index contributed by atoms with van der Waals surface area (Å²) >= 11 is 0. The molecule has 0 aliphatic heterocycles. The number of amides is 1. The number of methoxy groups -OCH3 is 1. The van der Waals surface area contributed by atoms with E-state index in [-0.39, 0.29) is 5.91 Å². The third-order valence-corrected chi connectivity index (χ3v) is 4.98. The quantitative estimate of drug-likeness (QED) is 0.455. The first-order valence-electron chi connectivity index (χ1n) is 10.2. The molecule has 0 N–H and O–H groups in total. The molecule has 1 amide bonds. The average Bonchev–Trinajstić information content (AvgIpc) is 2.79. The molecule has 1 heterocycles. The number of benzene rings is 2. The predicted octanol–water partition coefficient (Wildman–Crippen LogP) is 5.11. The van der Waals surface area contributed by atoms with Gasteiger partial charge in [-0.1, -0.05) is 24.3 Å². The molecule has 0 spiro atoms. The van der Waals surface area contributed by atoms with E-state index in [2.05, 4.69) is 11.6 Å². The predicted molar refractivity (Wildman–Crippen MR) is 122 cm³/mol. The van der Waals surface area contributed by atoms with Crippen molar-refractivity contribution >= 4 is 5.91 Å². The lowest BCUT2D eigenvalue weighted by Crippen LogP contribution is -2.30. The van der Waals surface area contributed by atoms with Crippen LogP contribution in [0.1, 0.15) is 32.6 Å². The summed E-state index contributed by atoms with van der Waals surface area (Å²) in [6, 6.07) is 15.4. The highest BCUT2D eigenvalue weighted by Crippen LogP contribution is 2.27. The van der Waals surface area contributed by atoms with Gasteiger partial charge in [0.1, 0.15) is 18.1 Å². The highest BCUT2D eigenvalue weighted by Gasteiger charge is 2.18. The number of carbonyl (C=O) groups is 1. The summed E-state index contributed by atoms with van der Waals surface area (Å²) in [5.41, 5.74) is 4.52. The number of hydrogen-bond donors (Lipinski definition) is 0. The van der Waals surface area contributed by atoms with Gasteiger partial charge in [-0.3, -0.25) is 9.78 Å². The molecule has 0 saturated heterocycles. The highest BCUT2D eigenvalue weighted by molar-refractivity contribution is 5.95. The van der Waals surface area contributed by atoms with Gasteiger partial charge in [0.25, 0.3) is 5.91 Å². The van der Waals surface area contributed by atoms with Crippen LogP contribution in [0.5, 0.6) is 11.5 Å². The summed E-state index contributed by atoms with van der Waals surface area (Å²) in [7, 11) is 1.64. The Balaban J connectivity index is 1.77. The van der Waals surface area contributed by atoms with Gasteiger partial charge in [-0.05, 0) is 60.9 Å². The fourth-order valence-electron chi connectivity index (χ4n) is 3.45. The second-order valence-electron chi connectivity index (χ2n) is 7.41. The molecule has 3 aromatic rings. The molecular weight excluding hydrogens is 388 g/mol. The molecule has 31 heavy (non-hydrogen) atoms. The van der Waals surface area contributed by atoms with Crippen molar-refractivity contribution in [1.82, 2.24) is 9.88 Å². The molecule has 0 bridgehead atoms. The van der Waals surface area contributed by atoms with Crippen molar-refractivity contribution in [3.05, 3.63) is 101 Å². The highest BCUT2D eigenvalue weighted by atomic mass is 16.5. The minimum atomic E-state index is -0.0410. The SMILES string of the molecule is C=CCN(Cc1ccc(OC)cc1)C(=O)c1cc(C)c(OCc2cccnc2)c(C)c1. The zero-order valence-corrected chi connectivity index (χ0v) is 18.3. The van der Waals surface area contributed by atoms with Gasteiger partial charge in [0.15, 0.2) is 0 Å². The van der Waals surface area contributed by atoms with Crippen LogP contribution in [0.2, 0.25) is 0 Å². The molecule has 0 unspecified atom stereocenters. The van der Waals surface area contributed by atoms with Gasteiger partial charge in [-0.2, -0.15) is 0 Å². The van der Waals surface area contributed by atoms with E-state index in [1.165, 1.54) is 0 Å². The van der Waals surface area contributed by atoms with Gasteiger partial charge in [0.2, 0.25) is 0 Å². The Bertz CT molecular complexity index is 1010. The number of carbonyl (C=O) groups excluding carboxylic acids is 1. The molecule has 0 fully saturated rings. The zero-order valence-electron chi connectivity index (χ0n) is 18.3. The Kier molecular flexibility index (Phi) is 7.44. The molecule has 1 aromatic heterocycles. The van der Waals surface area contributed by atoms with Gasteiger partial charge >= 0.3 is 0 Å². The van der Waals surface area contributed by atoms with E-state index in [1.54, 1.807) is 30.5 Å². The molecule has 160 valence electrons. The second kappa shape index (κ2) is 10.4. The van der Waals surface area contributed by atoms with Gasteiger partial charge in [0, 0.05) is 36.6 Å². The van der Waals surface area contributed by atoms with Gasteiger partial charge in [0.05, 0.1) is 7.11 Å². The normalized spacial score (nSPS) is 10.4. The molecule has 0 radical (unpaired) electrons. The van der Waals surface area contributed by atoms with Crippen LogP contribution >= 0.6 is 0 Å². The minimum Gasteiger partial charge on any atom is -0.497 e. The molecule has 0 saturated carbocycles. The Hall–Kier alpha value is -3.60. The number of aryl methyl sites for hydroxylation is 2. The van der Waals surface area contributed by atoms with Crippen LogP contribution in [0.15, 0.2) is 73.6 Å². The third kappa shape index (κ3) is 5.72. The van der Waals surface area contributed by atoms with Gasteiger partial charge in [-0.15, -0.1) is 6.58 Å². The number of ether oxygens (including phenoxy) is 2. The second-order valence-corrected chi connectivity index (χ2v) is 7.41. The number of rotatable bonds is 9. The summed E-state index contributed by atoms with van der Waals surface area (Å²) in [6.45, 7) is 9.12. The van der Waals surface area contributed by atoms with E-state index in [0.717, 1.165) is 33.8 Å². The van der Waals surface area contributed by atoms with Crippen molar-refractivity contribution in [1.29, 1.82) is 0 Å². The van der Waals surface area contributed by atoms with E-state index >= 15 is 0 Å². The molecule has 0 aliphatic carbocycles. The summed E-state index contributed by atoms with van der Waals surface area (Å²) in [5, 5.41) is 0. The summed E-state index contributed by atoms with van der Waals surface area (Å²) < 4.78 is 11.2. The maximum absolute atomic E-state index is 13.3. The molecule has 2 aromatic carbocycles. The lowest BCUT2D eigenvalue weighted by atomic mass is 10.0. The average molecular weight is 417 g/mol. The molecule has 5 nitrogen and oxygen atoms in total. The number of aromatic nitrogens is 1. The van der Waals surface area contributed by atoms with Crippen LogP contribution in [-0.4, -0.2) is 29.4 Å². The van der Waals surface area contributed by atoms with Crippen LogP contribution in [-0.2, 0) is 13.2 Å². The molecule has 3 rings (SSSR count). The van der Waals surface area contributed by atoms with Crippen LogP contribution < -0.4 is 9.47 Å². The van der Waals surface area contributed by atoms with Crippen molar-refractivity contribution < 1.29 is 14.3 Å². The Morgan fingerprint density at radius 2 is 1.81 bits per heavy atom.